The number of nitrogens with zero attached hydrogens (tertiary/aromatic N) is 2. The molecule has 4 nitrogen and oxygen atoms in total. The predicted molar refractivity (Wildman–Crippen MR) is 84.5 cm³/mol. The molecule has 1 aliphatic heterocycles. The third-order valence-corrected chi connectivity index (χ3v) is 4.25. The zero-order valence-corrected chi connectivity index (χ0v) is 13.1. The minimum atomic E-state index is -0.0371. The van der Waals surface area contributed by atoms with Crippen LogP contribution < -0.4 is 15.4 Å². The van der Waals surface area contributed by atoms with Crippen LogP contribution in [-0.2, 0) is 0 Å². The molecule has 2 rings (SSSR count). The standard InChI is InChI=1S/C16H27N3O/c1-12(17)16-14(8-5-9-15(16)20-4)19(3)13-7-6-10-18(2)11-13/h5,8-9,12-13H,6-7,10-11,17H2,1-4H3/t12-,13?/m1/s1. The second kappa shape index (κ2) is 6.46. The molecule has 0 aliphatic carbocycles. The highest BCUT2D eigenvalue weighted by Gasteiger charge is 2.24. The first kappa shape index (κ1) is 15.1. The lowest BCUT2D eigenvalue weighted by molar-refractivity contribution is 0.247. The summed E-state index contributed by atoms with van der Waals surface area (Å²) in [6, 6.07) is 6.69. The Morgan fingerprint density at radius 1 is 1.45 bits per heavy atom. The van der Waals surface area contributed by atoms with Crippen molar-refractivity contribution in [3.63, 3.8) is 0 Å². The summed E-state index contributed by atoms with van der Waals surface area (Å²) in [4.78, 5) is 4.77. The first-order valence-corrected chi connectivity index (χ1v) is 7.38. The van der Waals surface area contributed by atoms with Crippen molar-refractivity contribution >= 4 is 5.69 Å². The van der Waals surface area contributed by atoms with Crippen molar-refractivity contribution < 1.29 is 4.74 Å². The van der Waals surface area contributed by atoms with Crippen molar-refractivity contribution in [2.75, 3.05) is 39.2 Å². The SMILES string of the molecule is COc1cccc(N(C)C2CCCN(C)C2)c1[C@@H](C)N. The summed E-state index contributed by atoms with van der Waals surface area (Å²) in [5.74, 6) is 0.883. The van der Waals surface area contributed by atoms with Crippen molar-refractivity contribution in [1.29, 1.82) is 0 Å². The van der Waals surface area contributed by atoms with E-state index in [2.05, 4.69) is 30.0 Å². The quantitative estimate of drug-likeness (QED) is 0.916. The molecule has 112 valence electrons. The zero-order chi connectivity index (χ0) is 14.7. The number of piperidine rings is 1. The third kappa shape index (κ3) is 3.07. The predicted octanol–water partition coefficient (Wildman–Crippen LogP) is 2.25. The second-order valence-corrected chi connectivity index (χ2v) is 5.85. The fourth-order valence-electron chi connectivity index (χ4n) is 3.13. The molecule has 2 N–H and O–H groups in total. The van der Waals surface area contributed by atoms with Crippen LogP contribution in [0.25, 0.3) is 0 Å². The molecule has 1 fully saturated rings. The summed E-state index contributed by atoms with van der Waals surface area (Å²) in [6.45, 7) is 4.32. The van der Waals surface area contributed by atoms with Gasteiger partial charge in [0.15, 0.2) is 0 Å². The molecule has 1 aliphatic rings. The lowest BCUT2D eigenvalue weighted by Crippen LogP contribution is -2.45. The molecule has 1 heterocycles. The Hall–Kier alpha value is -1.26. The van der Waals surface area contributed by atoms with E-state index in [4.69, 9.17) is 10.5 Å². The summed E-state index contributed by atoms with van der Waals surface area (Å²) in [5.41, 5.74) is 8.47. The van der Waals surface area contributed by atoms with E-state index in [0.717, 1.165) is 17.9 Å². The van der Waals surface area contributed by atoms with Gasteiger partial charge in [-0.2, -0.15) is 0 Å². The summed E-state index contributed by atoms with van der Waals surface area (Å²) in [5, 5.41) is 0. The number of benzene rings is 1. The average Bonchev–Trinajstić information content (AvgIpc) is 2.45. The number of hydrogen-bond donors (Lipinski definition) is 1. The van der Waals surface area contributed by atoms with Gasteiger partial charge in [0.1, 0.15) is 5.75 Å². The lowest BCUT2D eigenvalue weighted by atomic mass is 10.00. The van der Waals surface area contributed by atoms with Crippen LogP contribution in [0.15, 0.2) is 18.2 Å². The molecule has 0 aromatic heterocycles. The van der Waals surface area contributed by atoms with E-state index < -0.39 is 0 Å². The largest absolute Gasteiger partial charge is 0.496 e. The molecule has 20 heavy (non-hydrogen) atoms. The van der Waals surface area contributed by atoms with Crippen LogP contribution in [0.4, 0.5) is 5.69 Å². The van der Waals surface area contributed by atoms with Gasteiger partial charge in [0.05, 0.1) is 7.11 Å². The highest BCUT2D eigenvalue weighted by molar-refractivity contribution is 5.61. The molecule has 1 aromatic rings. The fourth-order valence-corrected chi connectivity index (χ4v) is 3.13. The molecular weight excluding hydrogens is 250 g/mol. The van der Waals surface area contributed by atoms with Gasteiger partial charge in [-0.15, -0.1) is 0 Å². The van der Waals surface area contributed by atoms with Gasteiger partial charge in [0, 0.05) is 36.9 Å². The van der Waals surface area contributed by atoms with E-state index in [1.165, 1.54) is 25.1 Å². The van der Waals surface area contributed by atoms with Gasteiger partial charge in [-0.25, -0.2) is 0 Å². The number of hydrogen-bond acceptors (Lipinski definition) is 4. The maximum absolute atomic E-state index is 6.17. The van der Waals surface area contributed by atoms with E-state index >= 15 is 0 Å². The van der Waals surface area contributed by atoms with Gasteiger partial charge in [0.25, 0.3) is 0 Å². The Labute approximate surface area is 122 Å². The number of anilines is 1. The zero-order valence-electron chi connectivity index (χ0n) is 13.1. The molecule has 0 radical (unpaired) electrons. The van der Waals surface area contributed by atoms with Gasteiger partial charge in [0.2, 0.25) is 0 Å². The van der Waals surface area contributed by atoms with Crippen LogP contribution in [0.3, 0.4) is 0 Å². The number of rotatable bonds is 4. The summed E-state index contributed by atoms with van der Waals surface area (Å²) in [6.07, 6.45) is 2.49. The number of methoxy groups -OCH3 is 1. The van der Waals surface area contributed by atoms with E-state index in [9.17, 15) is 0 Å². The molecule has 1 saturated heterocycles. The van der Waals surface area contributed by atoms with Crippen LogP contribution in [0.2, 0.25) is 0 Å². The molecule has 1 aromatic carbocycles. The van der Waals surface area contributed by atoms with Crippen molar-refractivity contribution in [3.8, 4) is 5.75 Å². The smallest absolute Gasteiger partial charge is 0.125 e. The van der Waals surface area contributed by atoms with E-state index in [1.54, 1.807) is 7.11 Å². The number of nitrogens with two attached hydrogens (primary N) is 1. The second-order valence-electron chi connectivity index (χ2n) is 5.85. The highest BCUT2D eigenvalue weighted by atomic mass is 16.5. The number of ether oxygens (including phenoxy) is 1. The molecule has 1 unspecified atom stereocenters. The highest BCUT2D eigenvalue weighted by Crippen LogP contribution is 2.34. The topological polar surface area (TPSA) is 41.7 Å². The van der Waals surface area contributed by atoms with Gasteiger partial charge in [-0.3, -0.25) is 0 Å². The molecule has 0 spiro atoms. The van der Waals surface area contributed by atoms with Crippen molar-refractivity contribution in [3.05, 3.63) is 23.8 Å². The van der Waals surface area contributed by atoms with Crippen molar-refractivity contribution in [2.24, 2.45) is 5.73 Å². The Bertz CT molecular complexity index is 447. The Morgan fingerprint density at radius 3 is 2.80 bits per heavy atom. The van der Waals surface area contributed by atoms with E-state index in [1.807, 2.05) is 19.1 Å². The lowest BCUT2D eigenvalue weighted by Gasteiger charge is -2.38. The number of likely N-dealkylation sites (tertiary alicyclic amines) is 1. The molecule has 4 heteroatoms. The van der Waals surface area contributed by atoms with Gasteiger partial charge >= 0.3 is 0 Å². The molecule has 0 amide bonds. The minimum Gasteiger partial charge on any atom is -0.496 e. The Balaban J connectivity index is 2.31. The summed E-state index contributed by atoms with van der Waals surface area (Å²) in [7, 11) is 6.07. The van der Waals surface area contributed by atoms with Crippen LogP contribution in [0, 0.1) is 0 Å². The maximum Gasteiger partial charge on any atom is 0.125 e. The van der Waals surface area contributed by atoms with Gasteiger partial charge in [-0.05, 0) is 45.5 Å². The van der Waals surface area contributed by atoms with Gasteiger partial charge < -0.3 is 20.3 Å². The van der Waals surface area contributed by atoms with Crippen LogP contribution in [0.5, 0.6) is 5.75 Å². The summed E-state index contributed by atoms with van der Waals surface area (Å²) >= 11 is 0. The van der Waals surface area contributed by atoms with Crippen LogP contribution >= 0.6 is 0 Å². The monoisotopic (exact) mass is 277 g/mol. The molecular formula is C16H27N3O. The maximum atomic E-state index is 6.17. The first-order chi connectivity index (χ1) is 9.54. The summed E-state index contributed by atoms with van der Waals surface area (Å²) < 4.78 is 5.49. The molecule has 0 bridgehead atoms. The van der Waals surface area contributed by atoms with Crippen LogP contribution in [-0.4, -0.2) is 45.2 Å². The van der Waals surface area contributed by atoms with E-state index in [0.29, 0.717) is 6.04 Å². The van der Waals surface area contributed by atoms with E-state index in [-0.39, 0.29) is 6.04 Å². The van der Waals surface area contributed by atoms with Gasteiger partial charge in [-0.1, -0.05) is 6.07 Å². The molecule has 0 saturated carbocycles. The first-order valence-electron chi connectivity index (χ1n) is 7.38. The normalized spacial score (nSPS) is 21.6. The average molecular weight is 277 g/mol. The van der Waals surface area contributed by atoms with Crippen molar-refractivity contribution in [1.82, 2.24) is 4.90 Å². The number of likely N-dealkylation sites (N-methyl/N-ethyl adjacent to an activating group) is 2. The van der Waals surface area contributed by atoms with Crippen LogP contribution in [0.1, 0.15) is 31.4 Å². The Morgan fingerprint density at radius 2 is 2.20 bits per heavy atom. The third-order valence-electron chi connectivity index (χ3n) is 4.25. The van der Waals surface area contributed by atoms with Crippen molar-refractivity contribution in [2.45, 2.75) is 31.8 Å². The minimum absolute atomic E-state index is 0.0371. The molecule has 2 atom stereocenters. The fraction of sp³-hybridized carbons (Fsp3) is 0.625. The Kier molecular flexibility index (Phi) is 4.89.